The maximum atomic E-state index is 11.6. The molecule has 0 aromatic heterocycles. The van der Waals surface area contributed by atoms with E-state index in [-0.39, 0.29) is 11.9 Å². The van der Waals surface area contributed by atoms with Crippen LogP contribution in [0.2, 0.25) is 0 Å². The van der Waals surface area contributed by atoms with Crippen LogP contribution in [0.4, 0.5) is 5.69 Å². The molecule has 1 atom stereocenters. The van der Waals surface area contributed by atoms with Crippen LogP contribution >= 0.6 is 0 Å². The predicted molar refractivity (Wildman–Crippen MR) is 73.5 cm³/mol. The molecule has 0 bridgehead atoms. The van der Waals surface area contributed by atoms with Gasteiger partial charge in [0, 0.05) is 24.8 Å². The van der Waals surface area contributed by atoms with Crippen LogP contribution in [0.15, 0.2) is 24.3 Å². The number of benzene rings is 1. The zero-order valence-corrected chi connectivity index (χ0v) is 10.9. The summed E-state index contributed by atoms with van der Waals surface area (Å²) in [6.45, 7) is 4.16. The molecule has 98 valence electrons. The van der Waals surface area contributed by atoms with E-state index < -0.39 is 0 Å². The topological polar surface area (TPSA) is 58.4 Å². The van der Waals surface area contributed by atoms with Gasteiger partial charge in [-0.15, -0.1) is 0 Å². The third-order valence-electron chi connectivity index (χ3n) is 3.38. The van der Waals surface area contributed by atoms with Gasteiger partial charge in [-0.25, -0.2) is 0 Å². The summed E-state index contributed by atoms with van der Waals surface area (Å²) in [6, 6.07) is 8.17. The Bertz CT molecular complexity index is 419. The van der Waals surface area contributed by atoms with Crippen molar-refractivity contribution in [2.45, 2.75) is 25.8 Å². The fraction of sp³-hybridized carbons (Fsp3) is 0.500. The fourth-order valence-electron chi connectivity index (χ4n) is 2.32. The highest BCUT2D eigenvalue weighted by Crippen LogP contribution is 2.27. The molecular formula is C14H21N3O. The van der Waals surface area contributed by atoms with Crippen LogP contribution in [0.25, 0.3) is 0 Å². The number of rotatable bonds is 3. The Morgan fingerprint density at radius 1 is 1.44 bits per heavy atom. The van der Waals surface area contributed by atoms with E-state index in [9.17, 15) is 4.79 Å². The number of carbonyl (C=O) groups is 1. The van der Waals surface area contributed by atoms with E-state index in [1.807, 2.05) is 12.1 Å². The number of nitrogens with two attached hydrogens (primary N) is 1. The Labute approximate surface area is 108 Å². The molecule has 4 nitrogen and oxygen atoms in total. The molecular weight excluding hydrogens is 226 g/mol. The summed E-state index contributed by atoms with van der Waals surface area (Å²) in [5.41, 5.74) is 8.38. The zero-order chi connectivity index (χ0) is 13.0. The number of carbonyl (C=O) groups excluding carboxylic acids is 1. The summed E-state index contributed by atoms with van der Waals surface area (Å²) in [7, 11) is 0. The van der Waals surface area contributed by atoms with Crippen LogP contribution < -0.4 is 16.0 Å². The highest BCUT2D eigenvalue weighted by atomic mass is 16.2. The molecule has 1 fully saturated rings. The monoisotopic (exact) mass is 247 g/mol. The van der Waals surface area contributed by atoms with Crippen molar-refractivity contribution in [2.75, 3.05) is 24.5 Å². The summed E-state index contributed by atoms with van der Waals surface area (Å²) >= 11 is 0. The van der Waals surface area contributed by atoms with E-state index in [0.29, 0.717) is 6.54 Å². The van der Waals surface area contributed by atoms with E-state index >= 15 is 0 Å². The quantitative estimate of drug-likeness (QED) is 0.849. The lowest BCUT2D eigenvalue weighted by atomic mass is 10.0. The standard InChI is InChI=1S/C14H21N3O/c1-2-12(15)11-6-3-4-7-13(11)17-9-5-8-16-14(18)10-17/h3-4,6-7,12H,2,5,8-10,15H2,1H3,(H,16,18)/t12-/m0/s1. The van der Waals surface area contributed by atoms with E-state index in [1.165, 1.54) is 0 Å². The third-order valence-corrected chi connectivity index (χ3v) is 3.38. The molecule has 0 spiro atoms. The van der Waals surface area contributed by atoms with Gasteiger partial charge in [-0.1, -0.05) is 25.1 Å². The molecule has 1 heterocycles. The van der Waals surface area contributed by atoms with Crippen molar-refractivity contribution in [3.63, 3.8) is 0 Å². The van der Waals surface area contributed by atoms with Crippen LogP contribution in [0.3, 0.4) is 0 Å². The van der Waals surface area contributed by atoms with Crippen molar-refractivity contribution >= 4 is 11.6 Å². The average molecular weight is 247 g/mol. The average Bonchev–Trinajstić information content (AvgIpc) is 2.62. The zero-order valence-electron chi connectivity index (χ0n) is 10.9. The SMILES string of the molecule is CC[C@H](N)c1ccccc1N1CCCNC(=O)C1. The van der Waals surface area contributed by atoms with Crippen LogP contribution in [0.5, 0.6) is 0 Å². The number of hydrogen-bond donors (Lipinski definition) is 2. The predicted octanol–water partition coefficient (Wildman–Crippen LogP) is 1.42. The van der Waals surface area contributed by atoms with Crippen LogP contribution in [-0.4, -0.2) is 25.5 Å². The van der Waals surface area contributed by atoms with Crippen molar-refractivity contribution in [2.24, 2.45) is 5.73 Å². The number of nitrogens with zero attached hydrogens (tertiary/aromatic N) is 1. The maximum Gasteiger partial charge on any atom is 0.239 e. The van der Waals surface area contributed by atoms with Crippen molar-refractivity contribution < 1.29 is 4.79 Å². The second-order valence-corrected chi connectivity index (χ2v) is 4.70. The molecule has 0 unspecified atom stereocenters. The summed E-state index contributed by atoms with van der Waals surface area (Å²) in [4.78, 5) is 13.8. The van der Waals surface area contributed by atoms with Crippen LogP contribution in [0.1, 0.15) is 31.4 Å². The van der Waals surface area contributed by atoms with E-state index in [2.05, 4.69) is 29.3 Å². The Balaban J connectivity index is 2.28. The van der Waals surface area contributed by atoms with E-state index in [1.54, 1.807) is 0 Å². The van der Waals surface area contributed by atoms with Gasteiger partial charge in [0.1, 0.15) is 0 Å². The van der Waals surface area contributed by atoms with Gasteiger partial charge in [-0.2, -0.15) is 0 Å². The molecule has 2 rings (SSSR count). The highest BCUT2D eigenvalue weighted by molar-refractivity contribution is 5.82. The normalized spacial score (nSPS) is 18.1. The Hall–Kier alpha value is -1.55. The van der Waals surface area contributed by atoms with Gasteiger partial charge in [0.2, 0.25) is 5.91 Å². The molecule has 0 aliphatic carbocycles. The first kappa shape index (κ1) is 12.9. The number of nitrogens with one attached hydrogen (secondary N) is 1. The lowest BCUT2D eigenvalue weighted by Gasteiger charge is -2.26. The molecule has 3 N–H and O–H groups in total. The maximum absolute atomic E-state index is 11.6. The first-order valence-corrected chi connectivity index (χ1v) is 6.58. The minimum Gasteiger partial charge on any atom is -0.362 e. The lowest BCUT2D eigenvalue weighted by Crippen LogP contribution is -2.34. The third kappa shape index (κ3) is 2.82. The highest BCUT2D eigenvalue weighted by Gasteiger charge is 2.19. The molecule has 0 radical (unpaired) electrons. The van der Waals surface area contributed by atoms with Gasteiger partial charge in [0.25, 0.3) is 0 Å². The summed E-state index contributed by atoms with van der Waals surface area (Å²) in [5, 5.41) is 2.90. The Kier molecular flexibility index (Phi) is 4.20. The molecule has 0 saturated carbocycles. The second-order valence-electron chi connectivity index (χ2n) is 4.70. The second kappa shape index (κ2) is 5.87. The molecule has 1 amide bonds. The van der Waals surface area contributed by atoms with Crippen molar-refractivity contribution in [3.05, 3.63) is 29.8 Å². The summed E-state index contributed by atoms with van der Waals surface area (Å²) in [6.07, 6.45) is 1.87. The molecule has 1 aliphatic rings. The minimum atomic E-state index is 0.0347. The van der Waals surface area contributed by atoms with Gasteiger partial charge in [-0.3, -0.25) is 4.79 Å². The van der Waals surface area contributed by atoms with Gasteiger partial charge >= 0.3 is 0 Å². The molecule has 4 heteroatoms. The number of hydrogen-bond acceptors (Lipinski definition) is 3. The number of anilines is 1. The molecule has 18 heavy (non-hydrogen) atoms. The smallest absolute Gasteiger partial charge is 0.239 e. The number of para-hydroxylation sites is 1. The largest absolute Gasteiger partial charge is 0.362 e. The molecule has 1 aromatic rings. The van der Waals surface area contributed by atoms with E-state index in [4.69, 9.17) is 5.73 Å². The summed E-state index contributed by atoms with van der Waals surface area (Å²) < 4.78 is 0. The van der Waals surface area contributed by atoms with Crippen molar-refractivity contribution in [1.82, 2.24) is 5.32 Å². The Morgan fingerprint density at radius 2 is 2.22 bits per heavy atom. The van der Waals surface area contributed by atoms with Gasteiger partial charge in [-0.05, 0) is 24.5 Å². The van der Waals surface area contributed by atoms with Gasteiger partial charge < -0.3 is 16.0 Å². The Morgan fingerprint density at radius 3 is 3.00 bits per heavy atom. The van der Waals surface area contributed by atoms with E-state index in [0.717, 1.165) is 37.2 Å². The molecule has 1 saturated heterocycles. The van der Waals surface area contributed by atoms with Crippen LogP contribution in [-0.2, 0) is 4.79 Å². The minimum absolute atomic E-state index is 0.0347. The number of amides is 1. The van der Waals surface area contributed by atoms with Crippen molar-refractivity contribution in [3.8, 4) is 0 Å². The first-order valence-electron chi connectivity index (χ1n) is 6.58. The van der Waals surface area contributed by atoms with Gasteiger partial charge in [0.05, 0.1) is 6.54 Å². The van der Waals surface area contributed by atoms with Crippen LogP contribution in [0, 0.1) is 0 Å². The van der Waals surface area contributed by atoms with Crippen molar-refractivity contribution in [1.29, 1.82) is 0 Å². The first-order chi connectivity index (χ1) is 8.72. The molecule has 1 aromatic carbocycles. The molecule has 1 aliphatic heterocycles. The fourth-order valence-corrected chi connectivity index (χ4v) is 2.32. The summed E-state index contributed by atoms with van der Waals surface area (Å²) in [5.74, 6) is 0.0902. The van der Waals surface area contributed by atoms with Gasteiger partial charge in [0.15, 0.2) is 0 Å². The lowest BCUT2D eigenvalue weighted by molar-refractivity contribution is -0.119.